The van der Waals surface area contributed by atoms with E-state index in [9.17, 15) is 30.0 Å². The number of rotatable bonds is 7. The number of carbonyl (C=O) groups excluding carboxylic acids is 2. The first-order valence-corrected chi connectivity index (χ1v) is 5.05. The molecule has 0 bridgehead atoms. The van der Waals surface area contributed by atoms with Crippen LogP contribution >= 0.6 is 0 Å². The van der Waals surface area contributed by atoms with Crippen molar-refractivity contribution < 1.29 is 74.5 Å². The Balaban J connectivity index is 0. The van der Waals surface area contributed by atoms with Gasteiger partial charge in [-0.3, -0.25) is 0 Å². The molecule has 0 aromatic rings. The Kier molecular flexibility index (Phi) is 9.47. The van der Waals surface area contributed by atoms with Crippen LogP contribution in [-0.2, 0) is 14.3 Å². The van der Waals surface area contributed by atoms with Gasteiger partial charge in [-0.1, -0.05) is 6.58 Å². The van der Waals surface area contributed by atoms with Crippen LogP contribution < -0.4 is 34.7 Å². The van der Waals surface area contributed by atoms with E-state index in [0.29, 0.717) is 0 Å². The monoisotopic (exact) mass is 302 g/mol. The van der Waals surface area contributed by atoms with Crippen LogP contribution in [0.5, 0.6) is 0 Å². The third-order valence-corrected chi connectivity index (χ3v) is 2.19. The van der Waals surface area contributed by atoms with Gasteiger partial charge in [-0.15, -0.1) is 0 Å². The van der Waals surface area contributed by atoms with Crippen molar-refractivity contribution >= 4 is 11.9 Å². The normalized spacial score (nSPS) is 17.9. The largest absolute Gasteiger partial charge is 1.00 e. The number of esters is 1. The number of carboxylic acid groups (broad SMARTS) is 1. The summed E-state index contributed by atoms with van der Waals surface area (Å²) >= 11 is 0. The Morgan fingerprint density at radius 2 is 1.80 bits per heavy atom. The topological polar surface area (TPSA) is 168 Å². The van der Waals surface area contributed by atoms with Crippen molar-refractivity contribution in [2.24, 2.45) is 0 Å². The van der Waals surface area contributed by atoms with Crippen molar-refractivity contribution in [3.8, 4) is 0 Å². The van der Waals surface area contributed by atoms with Gasteiger partial charge < -0.3 is 40.2 Å². The molecule has 0 aliphatic carbocycles. The third kappa shape index (κ3) is 5.11. The van der Waals surface area contributed by atoms with Gasteiger partial charge in [-0.2, -0.15) is 0 Å². The summed E-state index contributed by atoms with van der Waals surface area (Å²) in [5, 5.41) is 56.6. The van der Waals surface area contributed by atoms with Gasteiger partial charge in [-0.05, 0) is 6.92 Å². The van der Waals surface area contributed by atoms with E-state index < -0.39 is 42.6 Å². The van der Waals surface area contributed by atoms with Crippen molar-refractivity contribution in [2.45, 2.75) is 31.0 Å². The minimum absolute atomic E-state index is 0. The zero-order valence-corrected chi connectivity index (χ0v) is 13.0. The minimum Gasteiger partial charge on any atom is -0.543 e. The molecule has 0 spiro atoms. The van der Waals surface area contributed by atoms with E-state index in [1.807, 2.05) is 0 Å². The van der Waals surface area contributed by atoms with E-state index in [4.69, 9.17) is 10.2 Å². The van der Waals surface area contributed by atoms with E-state index in [2.05, 4.69) is 11.3 Å². The maximum atomic E-state index is 11.2. The molecule has 0 radical (unpaired) electrons. The van der Waals surface area contributed by atoms with Crippen LogP contribution in [0.25, 0.3) is 0 Å². The predicted molar refractivity (Wildman–Crippen MR) is 56.0 cm³/mol. The van der Waals surface area contributed by atoms with Gasteiger partial charge in [0.2, 0.25) is 0 Å². The molecular formula is C10H15NaO9. The average molecular weight is 302 g/mol. The van der Waals surface area contributed by atoms with Gasteiger partial charge in [0.25, 0.3) is 5.79 Å². The zero-order chi connectivity index (χ0) is 15.4. The first-order valence-electron chi connectivity index (χ1n) is 5.05. The first kappa shape index (κ1) is 21.8. The molecule has 0 fully saturated rings. The molecule has 110 valence electrons. The smallest absolute Gasteiger partial charge is 0.543 e. The van der Waals surface area contributed by atoms with Gasteiger partial charge >= 0.3 is 35.5 Å². The summed E-state index contributed by atoms with van der Waals surface area (Å²) in [4.78, 5) is 21.9. The molecule has 0 heterocycles. The first-order chi connectivity index (χ1) is 8.57. The SMILES string of the molecule is C=C(C)C(=O)O[C@](O)(C(=O)[O-])[C@@H](O)[C@H](O)[C@H](O)CO.[Na+]. The fourth-order valence-corrected chi connectivity index (χ4v) is 1.00. The summed E-state index contributed by atoms with van der Waals surface area (Å²) in [6.45, 7) is 3.23. The van der Waals surface area contributed by atoms with Gasteiger partial charge in [0.1, 0.15) is 18.2 Å². The summed E-state index contributed by atoms with van der Waals surface area (Å²) in [7, 11) is 0. The van der Waals surface area contributed by atoms with Gasteiger partial charge in [0.15, 0.2) is 6.10 Å². The molecule has 10 heteroatoms. The Labute approximate surface area is 136 Å². The summed E-state index contributed by atoms with van der Waals surface area (Å²) in [6.07, 6.45) is -6.92. The Morgan fingerprint density at radius 3 is 2.10 bits per heavy atom. The zero-order valence-electron chi connectivity index (χ0n) is 11.0. The number of hydrogen-bond acceptors (Lipinski definition) is 9. The molecule has 0 saturated heterocycles. The van der Waals surface area contributed by atoms with Crippen LogP contribution in [0, 0.1) is 0 Å². The van der Waals surface area contributed by atoms with Crippen LogP contribution in [0.4, 0.5) is 0 Å². The van der Waals surface area contributed by atoms with Crippen molar-refractivity contribution in [2.75, 3.05) is 6.61 Å². The number of aliphatic hydroxyl groups excluding tert-OH is 4. The van der Waals surface area contributed by atoms with Crippen molar-refractivity contribution in [3.63, 3.8) is 0 Å². The van der Waals surface area contributed by atoms with E-state index in [-0.39, 0.29) is 35.1 Å². The van der Waals surface area contributed by atoms with Gasteiger partial charge in [0, 0.05) is 5.57 Å². The average Bonchev–Trinajstić information content (AvgIpc) is 2.35. The Bertz CT molecular complexity index is 372. The van der Waals surface area contributed by atoms with Crippen LogP contribution in [0.3, 0.4) is 0 Å². The second-order valence-electron chi connectivity index (χ2n) is 3.84. The molecule has 4 atom stereocenters. The number of ether oxygens (including phenoxy) is 1. The fourth-order valence-electron chi connectivity index (χ4n) is 1.00. The van der Waals surface area contributed by atoms with Gasteiger partial charge in [-0.25, -0.2) is 4.79 Å². The van der Waals surface area contributed by atoms with Crippen molar-refractivity contribution in [3.05, 3.63) is 12.2 Å². The van der Waals surface area contributed by atoms with E-state index in [1.165, 1.54) is 0 Å². The molecule has 0 rings (SSSR count). The number of aliphatic carboxylic acids is 1. The summed E-state index contributed by atoms with van der Waals surface area (Å²) in [5.74, 6) is -7.39. The predicted octanol–water partition coefficient (Wildman–Crippen LogP) is -7.38. The summed E-state index contributed by atoms with van der Waals surface area (Å²) < 4.78 is 4.09. The van der Waals surface area contributed by atoms with Crippen LogP contribution in [0.2, 0.25) is 0 Å². The Morgan fingerprint density at radius 1 is 1.35 bits per heavy atom. The van der Waals surface area contributed by atoms with E-state index in [0.717, 1.165) is 6.92 Å². The molecule has 0 saturated carbocycles. The number of aliphatic hydroxyl groups is 5. The molecule has 0 aromatic carbocycles. The maximum absolute atomic E-state index is 11.2. The fraction of sp³-hybridized carbons (Fsp3) is 0.600. The van der Waals surface area contributed by atoms with Crippen LogP contribution in [0.1, 0.15) is 6.92 Å². The van der Waals surface area contributed by atoms with Crippen molar-refractivity contribution in [1.82, 2.24) is 0 Å². The van der Waals surface area contributed by atoms with Gasteiger partial charge in [0.05, 0.1) is 6.61 Å². The Hall–Kier alpha value is -0.520. The second kappa shape index (κ2) is 8.70. The van der Waals surface area contributed by atoms with E-state index >= 15 is 0 Å². The molecule has 9 nitrogen and oxygen atoms in total. The molecule has 20 heavy (non-hydrogen) atoms. The molecule has 0 unspecified atom stereocenters. The van der Waals surface area contributed by atoms with Crippen molar-refractivity contribution in [1.29, 1.82) is 0 Å². The standard InChI is InChI=1S/C10H16O9.Na/c1-4(2)8(15)19-10(18,9(16)17)7(14)6(13)5(12)3-11;/h5-7,11-14,18H,1,3H2,2H3,(H,16,17);/q;+1/p-1/t5-,6-,7+,10+;/m1./s1. The van der Waals surface area contributed by atoms with Crippen LogP contribution in [-0.4, -0.2) is 68.2 Å². The number of carbonyl (C=O) groups is 2. The number of hydrogen-bond donors (Lipinski definition) is 5. The molecule has 0 aliphatic heterocycles. The summed E-state index contributed by atoms with van der Waals surface area (Å²) in [6, 6.07) is 0. The molecule has 0 amide bonds. The molecular weight excluding hydrogens is 287 g/mol. The molecule has 0 aliphatic rings. The van der Waals surface area contributed by atoms with E-state index in [1.54, 1.807) is 0 Å². The molecule has 0 aromatic heterocycles. The quantitative estimate of drug-likeness (QED) is 0.133. The van der Waals surface area contributed by atoms with Crippen LogP contribution in [0.15, 0.2) is 12.2 Å². The number of carboxylic acids is 1. The maximum Gasteiger partial charge on any atom is 1.00 e. The second-order valence-corrected chi connectivity index (χ2v) is 3.84. The summed E-state index contributed by atoms with van der Waals surface area (Å²) in [5.41, 5.74) is -0.288. The minimum atomic E-state index is -3.61. The molecule has 5 N–H and O–H groups in total. The third-order valence-electron chi connectivity index (χ3n) is 2.19.